The average Bonchev–Trinajstić information content (AvgIpc) is 2.83. The molecule has 4 aromatic rings. The van der Waals surface area contributed by atoms with Crippen molar-refractivity contribution in [2.45, 2.75) is 26.3 Å². The van der Waals surface area contributed by atoms with Crippen LogP contribution >= 0.6 is 0 Å². The number of methoxy groups -OCH3 is 1. The van der Waals surface area contributed by atoms with Crippen LogP contribution in [0.25, 0.3) is 16.7 Å². The van der Waals surface area contributed by atoms with Crippen LogP contribution in [0, 0.1) is 0 Å². The van der Waals surface area contributed by atoms with Gasteiger partial charge in [-0.1, -0.05) is 25.1 Å². The van der Waals surface area contributed by atoms with E-state index in [1.165, 1.54) is 17.2 Å². The van der Waals surface area contributed by atoms with E-state index in [0.29, 0.717) is 22.7 Å². The lowest BCUT2D eigenvalue weighted by atomic mass is 9.99. The fraction of sp³-hybridized carbons (Fsp3) is 0.269. The molecule has 0 amide bonds. The third kappa shape index (κ3) is 3.86. The Bertz CT molecular complexity index is 1450. The van der Waals surface area contributed by atoms with Gasteiger partial charge in [-0.25, -0.2) is 4.98 Å². The highest BCUT2D eigenvalue weighted by Gasteiger charge is 2.18. The van der Waals surface area contributed by atoms with Crippen LogP contribution < -0.4 is 21.3 Å². The van der Waals surface area contributed by atoms with Gasteiger partial charge >= 0.3 is 0 Å². The van der Waals surface area contributed by atoms with Crippen molar-refractivity contribution in [3.8, 4) is 11.4 Å². The second kappa shape index (κ2) is 8.79. The highest BCUT2D eigenvalue weighted by atomic mass is 16.5. The number of pyridine rings is 1. The number of aromatic nitrogens is 3. The van der Waals surface area contributed by atoms with Gasteiger partial charge in [0.1, 0.15) is 5.75 Å². The summed E-state index contributed by atoms with van der Waals surface area (Å²) in [6.07, 6.45) is 3.42. The number of likely N-dealkylation sites (N-methyl/N-ethyl adjacent to an activating group) is 1. The molecule has 34 heavy (non-hydrogen) atoms. The zero-order valence-corrected chi connectivity index (χ0v) is 19.6. The van der Waals surface area contributed by atoms with Gasteiger partial charge in [0, 0.05) is 31.0 Å². The van der Waals surface area contributed by atoms with Crippen LogP contribution in [-0.4, -0.2) is 40.1 Å². The zero-order chi connectivity index (χ0) is 23.8. The number of fused-ring (bicyclic) bond motifs is 2. The molecule has 0 saturated carbocycles. The number of hydrogen-bond acceptors (Lipinski definition) is 7. The van der Waals surface area contributed by atoms with Gasteiger partial charge in [-0.05, 0) is 54.8 Å². The maximum absolute atomic E-state index is 13.1. The maximum Gasteiger partial charge on any atom is 0.258 e. The molecule has 0 spiro atoms. The van der Waals surface area contributed by atoms with E-state index in [2.05, 4.69) is 41.3 Å². The lowest BCUT2D eigenvalue weighted by Crippen LogP contribution is -2.26. The number of nitrogens with one attached hydrogen (secondary N) is 1. The lowest BCUT2D eigenvalue weighted by Gasteiger charge is -2.26. The number of nitrogens with zero attached hydrogens (tertiary/aromatic N) is 4. The highest BCUT2D eigenvalue weighted by molar-refractivity contribution is 5.89. The summed E-state index contributed by atoms with van der Waals surface area (Å²) < 4.78 is 7.26. The topological polar surface area (TPSA) is 98.3 Å². The standard InChI is InChI=1S/C26H28N6O2/c1-4-16-7-5-6-8-22(16)32-24(33)13-20(27)19-14-28-26(30-25(19)32)29-21-11-18-15-31(2)10-9-17(18)12-23(21)34-3/h5-8,11-14H,4,9-10,15,27H2,1-3H3,(H,28,29,30). The molecule has 8 nitrogen and oxygen atoms in total. The fourth-order valence-electron chi connectivity index (χ4n) is 4.56. The molecule has 3 heterocycles. The van der Waals surface area contributed by atoms with Gasteiger partial charge in [-0.2, -0.15) is 4.98 Å². The van der Waals surface area contributed by atoms with Gasteiger partial charge in [0.15, 0.2) is 5.65 Å². The largest absolute Gasteiger partial charge is 0.495 e. The van der Waals surface area contributed by atoms with E-state index in [0.717, 1.165) is 48.6 Å². The Morgan fingerprint density at radius 1 is 1.18 bits per heavy atom. The molecule has 0 unspecified atom stereocenters. The molecule has 1 aliphatic heterocycles. The van der Waals surface area contributed by atoms with Crippen LogP contribution in [0.4, 0.5) is 17.3 Å². The molecular weight excluding hydrogens is 428 g/mol. The zero-order valence-electron chi connectivity index (χ0n) is 19.6. The highest BCUT2D eigenvalue weighted by Crippen LogP contribution is 2.33. The quantitative estimate of drug-likeness (QED) is 0.473. The lowest BCUT2D eigenvalue weighted by molar-refractivity contribution is 0.312. The van der Waals surface area contributed by atoms with Crippen molar-refractivity contribution < 1.29 is 4.74 Å². The first kappa shape index (κ1) is 21.9. The van der Waals surface area contributed by atoms with Crippen LogP contribution in [0.5, 0.6) is 5.75 Å². The van der Waals surface area contributed by atoms with Crippen LogP contribution in [0.15, 0.2) is 53.5 Å². The second-order valence-electron chi connectivity index (χ2n) is 8.62. The van der Waals surface area contributed by atoms with Crippen LogP contribution in [-0.2, 0) is 19.4 Å². The van der Waals surface area contributed by atoms with E-state index in [-0.39, 0.29) is 5.56 Å². The minimum atomic E-state index is -0.232. The fourth-order valence-corrected chi connectivity index (χ4v) is 4.56. The number of nitrogen functional groups attached to an aromatic ring is 1. The minimum Gasteiger partial charge on any atom is -0.495 e. The van der Waals surface area contributed by atoms with Crippen molar-refractivity contribution in [3.63, 3.8) is 0 Å². The summed E-state index contributed by atoms with van der Waals surface area (Å²) in [7, 11) is 3.77. The summed E-state index contributed by atoms with van der Waals surface area (Å²) in [6.45, 7) is 3.95. The van der Waals surface area contributed by atoms with Crippen molar-refractivity contribution in [1.82, 2.24) is 19.4 Å². The molecule has 5 rings (SSSR count). The molecule has 2 aromatic carbocycles. The summed E-state index contributed by atoms with van der Waals surface area (Å²) in [6, 6.07) is 13.4. The van der Waals surface area contributed by atoms with Crippen molar-refractivity contribution in [1.29, 1.82) is 0 Å². The van der Waals surface area contributed by atoms with Crippen molar-refractivity contribution in [2.75, 3.05) is 31.8 Å². The number of ether oxygens (including phenoxy) is 1. The van der Waals surface area contributed by atoms with Crippen molar-refractivity contribution in [3.05, 3.63) is 75.7 Å². The number of benzene rings is 2. The summed E-state index contributed by atoms with van der Waals surface area (Å²) >= 11 is 0. The predicted octanol–water partition coefficient (Wildman–Crippen LogP) is 3.67. The second-order valence-corrected chi connectivity index (χ2v) is 8.62. The molecule has 0 atom stereocenters. The van der Waals surface area contributed by atoms with Crippen molar-refractivity contribution in [2.24, 2.45) is 0 Å². The molecular formula is C26H28N6O2. The van der Waals surface area contributed by atoms with E-state index in [1.807, 2.05) is 24.3 Å². The summed E-state index contributed by atoms with van der Waals surface area (Å²) in [5, 5.41) is 3.93. The van der Waals surface area contributed by atoms with E-state index in [9.17, 15) is 4.79 Å². The third-order valence-corrected chi connectivity index (χ3v) is 6.38. The molecule has 8 heteroatoms. The van der Waals surface area contributed by atoms with Crippen molar-refractivity contribution >= 4 is 28.4 Å². The Morgan fingerprint density at radius 3 is 2.79 bits per heavy atom. The molecule has 0 aliphatic carbocycles. The Morgan fingerprint density at radius 2 is 2.00 bits per heavy atom. The minimum absolute atomic E-state index is 0.232. The summed E-state index contributed by atoms with van der Waals surface area (Å²) in [4.78, 5) is 24.6. The number of hydrogen-bond donors (Lipinski definition) is 2. The van der Waals surface area contributed by atoms with E-state index in [1.54, 1.807) is 17.9 Å². The van der Waals surface area contributed by atoms with Crippen LogP contribution in [0.1, 0.15) is 23.6 Å². The summed E-state index contributed by atoms with van der Waals surface area (Å²) in [5.41, 5.74) is 11.9. The van der Waals surface area contributed by atoms with Gasteiger partial charge < -0.3 is 20.7 Å². The monoisotopic (exact) mass is 456 g/mol. The molecule has 3 N–H and O–H groups in total. The maximum atomic E-state index is 13.1. The number of anilines is 3. The molecule has 174 valence electrons. The molecule has 1 aliphatic rings. The molecule has 0 radical (unpaired) electrons. The van der Waals surface area contributed by atoms with E-state index < -0.39 is 0 Å². The number of nitrogens with two attached hydrogens (primary N) is 1. The van der Waals surface area contributed by atoms with Gasteiger partial charge in [-0.15, -0.1) is 0 Å². The van der Waals surface area contributed by atoms with Crippen LogP contribution in [0.2, 0.25) is 0 Å². The summed E-state index contributed by atoms with van der Waals surface area (Å²) in [5.74, 6) is 1.09. The molecule has 0 bridgehead atoms. The first-order chi connectivity index (χ1) is 16.5. The SMILES string of the molecule is CCc1ccccc1-n1c(=O)cc(N)c2cnc(Nc3cc4c(cc3OC)CCN(C)C4)nc21. The average molecular weight is 457 g/mol. The smallest absolute Gasteiger partial charge is 0.258 e. The predicted molar refractivity (Wildman–Crippen MR) is 135 cm³/mol. The molecule has 2 aromatic heterocycles. The van der Waals surface area contributed by atoms with Gasteiger partial charge in [0.25, 0.3) is 5.56 Å². The van der Waals surface area contributed by atoms with Crippen LogP contribution in [0.3, 0.4) is 0 Å². The Hall–Kier alpha value is -3.91. The van der Waals surface area contributed by atoms with Gasteiger partial charge in [0.05, 0.1) is 23.9 Å². The first-order valence-electron chi connectivity index (χ1n) is 11.4. The Labute approximate surface area is 198 Å². The Kier molecular flexibility index (Phi) is 5.67. The number of rotatable bonds is 5. The third-order valence-electron chi connectivity index (χ3n) is 6.38. The molecule has 0 fully saturated rings. The van der Waals surface area contributed by atoms with Gasteiger partial charge in [-0.3, -0.25) is 9.36 Å². The number of aryl methyl sites for hydroxylation is 1. The van der Waals surface area contributed by atoms with E-state index in [4.69, 9.17) is 15.5 Å². The first-order valence-corrected chi connectivity index (χ1v) is 11.4. The van der Waals surface area contributed by atoms with E-state index >= 15 is 0 Å². The molecule has 0 saturated heterocycles. The number of para-hydroxylation sites is 1. The van der Waals surface area contributed by atoms with Gasteiger partial charge in [0.2, 0.25) is 5.95 Å². The normalized spacial score (nSPS) is 13.6. The Balaban J connectivity index is 1.64.